The summed E-state index contributed by atoms with van der Waals surface area (Å²) in [4.78, 5) is 20.7. The Morgan fingerprint density at radius 3 is 2.57 bits per heavy atom. The van der Waals surface area contributed by atoms with Crippen LogP contribution in [0.25, 0.3) is 6.08 Å². The summed E-state index contributed by atoms with van der Waals surface area (Å²) < 4.78 is 32.3. The van der Waals surface area contributed by atoms with Crippen LogP contribution in [-0.4, -0.2) is 31.4 Å². The van der Waals surface area contributed by atoms with Gasteiger partial charge in [-0.1, -0.05) is 6.07 Å². The molecule has 144 valence electrons. The second-order valence-corrected chi connectivity index (χ2v) is 8.04. The van der Waals surface area contributed by atoms with Gasteiger partial charge in [0.15, 0.2) is 0 Å². The summed E-state index contributed by atoms with van der Waals surface area (Å²) in [6.07, 6.45) is 5.86. The third kappa shape index (κ3) is 4.93. The molecule has 0 aliphatic heterocycles. The van der Waals surface area contributed by atoms with Crippen LogP contribution in [0.15, 0.2) is 65.1 Å². The van der Waals surface area contributed by atoms with E-state index in [1.807, 2.05) is 17.5 Å². The van der Waals surface area contributed by atoms with Crippen LogP contribution < -0.4 is 14.8 Å². The number of hydrogen-bond acceptors (Lipinski definition) is 7. The van der Waals surface area contributed by atoms with Crippen molar-refractivity contribution >= 4 is 44.8 Å². The van der Waals surface area contributed by atoms with Crippen molar-refractivity contribution in [1.82, 2.24) is 9.97 Å². The van der Waals surface area contributed by atoms with E-state index in [0.717, 1.165) is 4.88 Å². The van der Waals surface area contributed by atoms with Crippen molar-refractivity contribution in [3.05, 3.63) is 65.1 Å². The molecule has 8 nitrogen and oxygen atoms in total. The molecule has 2 N–H and O–H groups in total. The molecular formula is C18H16N4O4S2. The molecule has 0 saturated carbocycles. The van der Waals surface area contributed by atoms with Crippen LogP contribution in [0.1, 0.15) is 4.88 Å². The summed E-state index contributed by atoms with van der Waals surface area (Å²) in [6, 6.07) is 9.55. The lowest BCUT2D eigenvalue weighted by molar-refractivity contribution is -0.111. The predicted octanol–water partition coefficient (Wildman–Crippen LogP) is 3.00. The maximum atomic E-state index is 12.5. The molecule has 1 aromatic carbocycles. The van der Waals surface area contributed by atoms with Crippen LogP contribution in [0.2, 0.25) is 0 Å². The molecule has 0 aliphatic rings. The first-order valence-electron chi connectivity index (χ1n) is 7.98. The minimum atomic E-state index is -3.89. The smallest absolute Gasteiger partial charge is 0.263 e. The topological polar surface area (TPSA) is 110 Å². The number of anilines is 2. The zero-order valence-electron chi connectivity index (χ0n) is 14.7. The number of nitrogens with zero attached hydrogens (tertiary/aromatic N) is 2. The van der Waals surface area contributed by atoms with E-state index in [2.05, 4.69) is 20.0 Å². The van der Waals surface area contributed by atoms with Crippen molar-refractivity contribution in [2.75, 3.05) is 17.1 Å². The molecule has 0 atom stereocenters. The molecule has 0 aliphatic carbocycles. The summed E-state index contributed by atoms with van der Waals surface area (Å²) in [5, 5.41) is 4.59. The monoisotopic (exact) mass is 416 g/mol. The largest absolute Gasteiger partial charge is 0.478 e. The van der Waals surface area contributed by atoms with Crippen molar-refractivity contribution in [2.45, 2.75) is 4.90 Å². The molecule has 1 amide bonds. The van der Waals surface area contributed by atoms with Crippen LogP contribution in [0, 0.1) is 0 Å². The van der Waals surface area contributed by atoms with Crippen molar-refractivity contribution in [2.24, 2.45) is 0 Å². The normalized spacial score (nSPS) is 11.3. The molecule has 0 spiro atoms. The lowest BCUT2D eigenvalue weighted by Gasteiger charge is -2.10. The third-order valence-electron chi connectivity index (χ3n) is 3.46. The van der Waals surface area contributed by atoms with Gasteiger partial charge < -0.3 is 10.1 Å². The highest BCUT2D eigenvalue weighted by Crippen LogP contribution is 2.22. The van der Waals surface area contributed by atoms with Crippen LogP contribution >= 0.6 is 11.3 Å². The summed E-state index contributed by atoms with van der Waals surface area (Å²) in [5.74, 6) is -0.264. The summed E-state index contributed by atoms with van der Waals surface area (Å²) in [5.41, 5.74) is 0.469. The Labute approximate surface area is 166 Å². The number of carbonyl (C=O) groups is 1. The Morgan fingerprint density at radius 2 is 1.89 bits per heavy atom. The molecule has 10 heteroatoms. The standard InChI is InChI=1S/C18H16N4O4S2/c1-26-18-17(19-10-11-20-18)22-28(24,25)15-7-4-13(5-8-15)21-16(23)9-6-14-3-2-12-27-14/h2-12H,1H3,(H,19,22)(H,21,23)/b9-6+. The van der Waals surface area contributed by atoms with Crippen LogP contribution in [0.3, 0.4) is 0 Å². The van der Waals surface area contributed by atoms with E-state index in [-0.39, 0.29) is 22.5 Å². The van der Waals surface area contributed by atoms with Gasteiger partial charge in [0, 0.05) is 29.0 Å². The number of thiophene rings is 1. The molecule has 0 unspecified atom stereocenters. The Hall–Kier alpha value is -3.24. The number of carbonyl (C=O) groups excluding carboxylic acids is 1. The van der Waals surface area contributed by atoms with Gasteiger partial charge in [-0.2, -0.15) is 0 Å². The molecule has 28 heavy (non-hydrogen) atoms. The van der Waals surface area contributed by atoms with Crippen LogP contribution in [-0.2, 0) is 14.8 Å². The Morgan fingerprint density at radius 1 is 1.14 bits per heavy atom. The Balaban J connectivity index is 1.68. The zero-order valence-corrected chi connectivity index (χ0v) is 16.3. The summed E-state index contributed by atoms with van der Waals surface area (Å²) >= 11 is 1.52. The van der Waals surface area contributed by atoms with E-state index in [1.54, 1.807) is 6.08 Å². The fourth-order valence-corrected chi connectivity index (χ4v) is 3.80. The number of rotatable bonds is 7. The highest BCUT2D eigenvalue weighted by Gasteiger charge is 2.18. The van der Waals surface area contributed by atoms with E-state index < -0.39 is 10.0 Å². The third-order valence-corrected chi connectivity index (χ3v) is 5.66. The van der Waals surface area contributed by atoms with Gasteiger partial charge >= 0.3 is 0 Å². The average molecular weight is 416 g/mol. The van der Waals surface area contributed by atoms with Gasteiger partial charge in [0.05, 0.1) is 12.0 Å². The van der Waals surface area contributed by atoms with Crippen molar-refractivity contribution < 1.29 is 17.9 Å². The highest BCUT2D eigenvalue weighted by molar-refractivity contribution is 7.92. The number of amides is 1. The van der Waals surface area contributed by atoms with E-state index >= 15 is 0 Å². The maximum Gasteiger partial charge on any atom is 0.263 e. The number of nitrogens with one attached hydrogen (secondary N) is 2. The second-order valence-electron chi connectivity index (χ2n) is 5.38. The first-order valence-corrected chi connectivity index (χ1v) is 10.3. The van der Waals surface area contributed by atoms with Crippen molar-refractivity contribution in [3.63, 3.8) is 0 Å². The van der Waals surface area contributed by atoms with Crippen LogP contribution in [0.4, 0.5) is 11.5 Å². The first kappa shape index (κ1) is 19.5. The lowest BCUT2D eigenvalue weighted by Crippen LogP contribution is -2.15. The summed E-state index contributed by atoms with van der Waals surface area (Å²) in [6.45, 7) is 0. The second kappa shape index (κ2) is 8.63. The number of methoxy groups -OCH3 is 1. The molecule has 3 aromatic rings. The Kier molecular flexibility index (Phi) is 6.02. The molecule has 0 fully saturated rings. The summed E-state index contributed by atoms with van der Waals surface area (Å²) in [7, 11) is -2.52. The fraction of sp³-hybridized carbons (Fsp3) is 0.0556. The van der Waals surface area contributed by atoms with Gasteiger partial charge in [0.2, 0.25) is 11.7 Å². The fourth-order valence-electron chi connectivity index (χ4n) is 2.18. The van der Waals surface area contributed by atoms with E-state index in [0.29, 0.717) is 5.69 Å². The zero-order chi connectivity index (χ0) is 20.0. The van der Waals surface area contributed by atoms with Gasteiger partial charge in [-0.05, 0) is 41.8 Å². The van der Waals surface area contributed by atoms with Gasteiger partial charge in [-0.15, -0.1) is 11.3 Å². The number of benzene rings is 1. The molecule has 2 heterocycles. The van der Waals surface area contributed by atoms with E-state index in [4.69, 9.17) is 4.74 Å². The molecule has 3 rings (SSSR count). The average Bonchev–Trinajstić information content (AvgIpc) is 3.21. The number of aromatic nitrogens is 2. The van der Waals surface area contributed by atoms with Crippen molar-refractivity contribution in [1.29, 1.82) is 0 Å². The SMILES string of the molecule is COc1nccnc1NS(=O)(=O)c1ccc(NC(=O)/C=C/c2cccs2)cc1. The predicted molar refractivity (Wildman–Crippen MR) is 108 cm³/mol. The molecular weight excluding hydrogens is 400 g/mol. The van der Waals surface area contributed by atoms with E-state index in [9.17, 15) is 13.2 Å². The van der Waals surface area contributed by atoms with Crippen molar-refractivity contribution in [3.8, 4) is 5.88 Å². The number of ether oxygens (including phenoxy) is 1. The van der Waals surface area contributed by atoms with Gasteiger partial charge in [-0.25, -0.2) is 18.4 Å². The minimum Gasteiger partial charge on any atom is -0.478 e. The molecule has 0 bridgehead atoms. The van der Waals surface area contributed by atoms with Crippen LogP contribution in [0.5, 0.6) is 5.88 Å². The van der Waals surface area contributed by atoms with Gasteiger partial charge in [-0.3, -0.25) is 9.52 Å². The Bertz CT molecular complexity index is 1080. The first-order chi connectivity index (χ1) is 13.5. The quantitative estimate of drug-likeness (QED) is 0.573. The number of hydrogen-bond donors (Lipinski definition) is 2. The molecule has 0 saturated heterocycles. The number of sulfonamides is 1. The minimum absolute atomic E-state index is 0.00679. The van der Waals surface area contributed by atoms with E-state index in [1.165, 1.54) is 61.2 Å². The molecule has 0 radical (unpaired) electrons. The van der Waals surface area contributed by atoms with Gasteiger partial charge in [0.25, 0.3) is 15.9 Å². The molecule has 2 aromatic heterocycles. The highest BCUT2D eigenvalue weighted by atomic mass is 32.2. The maximum absolute atomic E-state index is 12.5. The van der Waals surface area contributed by atoms with Gasteiger partial charge in [0.1, 0.15) is 0 Å². The lowest BCUT2D eigenvalue weighted by atomic mass is 10.3.